The summed E-state index contributed by atoms with van der Waals surface area (Å²) in [7, 11) is -3.83. The van der Waals surface area contributed by atoms with Crippen LogP contribution in [0.1, 0.15) is 38.7 Å². The number of hydrogen-bond acceptors (Lipinski definition) is 3. The molecule has 0 heterocycles. The Morgan fingerprint density at radius 3 is 2.62 bits per heavy atom. The predicted molar refractivity (Wildman–Crippen MR) is 80.6 cm³/mol. The number of hydrogen-bond donors (Lipinski definition) is 2. The van der Waals surface area contributed by atoms with Crippen molar-refractivity contribution < 1.29 is 12.8 Å². The van der Waals surface area contributed by atoms with Crippen LogP contribution >= 0.6 is 0 Å². The fraction of sp³-hybridized carbons (Fsp3) is 0.600. The Bertz CT molecular complexity index is 604. The van der Waals surface area contributed by atoms with Gasteiger partial charge in [-0.25, -0.2) is 17.5 Å². The fourth-order valence-electron chi connectivity index (χ4n) is 3.14. The molecule has 1 saturated carbocycles. The molecule has 0 bridgehead atoms. The van der Waals surface area contributed by atoms with Crippen LogP contribution in [-0.2, 0) is 16.6 Å². The number of halogens is 1. The highest BCUT2D eigenvalue weighted by Crippen LogP contribution is 2.34. The molecule has 1 aromatic carbocycles. The van der Waals surface area contributed by atoms with Crippen LogP contribution in [0.2, 0.25) is 0 Å². The maximum Gasteiger partial charge on any atom is 0.243 e. The van der Waals surface area contributed by atoms with E-state index in [2.05, 4.69) is 18.6 Å². The smallest absolute Gasteiger partial charge is 0.243 e. The van der Waals surface area contributed by atoms with Crippen molar-refractivity contribution in [2.45, 2.75) is 50.6 Å². The van der Waals surface area contributed by atoms with Crippen molar-refractivity contribution in [2.24, 2.45) is 17.6 Å². The Kier molecular flexibility index (Phi) is 5.01. The Labute approximate surface area is 126 Å². The lowest BCUT2D eigenvalue weighted by molar-refractivity contribution is 0.368. The van der Waals surface area contributed by atoms with Crippen LogP contribution in [-0.4, -0.2) is 14.5 Å². The molecule has 3 N–H and O–H groups in total. The van der Waals surface area contributed by atoms with Crippen LogP contribution in [0.4, 0.5) is 4.39 Å². The van der Waals surface area contributed by atoms with Gasteiger partial charge >= 0.3 is 0 Å². The summed E-state index contributed by atoms with van der Waals surface area (Å²) in [6, 6.07) is 3.90. The maximum atomic E-state index is 14.0. The molecule has 0 radical (unpaired) electrons. The Morgan fingerprint density at radius 1 is 1.38 bits per heavy atom. The molecule has 2 rings (SSSR count). The Hall–Kier alpha value is -0.980. The number of benzene rings is 1. The van der Waals surface area contributed by atoms with Gasteiger partial charge in [-0.1, -0.05) is 26.3 Å². The molecule has 3 unspecified atom stereocenters. The second-order valence-electron chi connectivity index (χ2n) is 5.80. The summed E-state index contributed by atoms with van der Waals surface area (Å²) >= 11 is 0. The first-order valence-corrected chi connectivity index (χ1v) is 8.88. The lowest BCUT2D eigenvalue weighted by Gasteiger charge is -2.21. The van der Waals surface area contributed by atoms with Gasteiger partial charge in [-0.15, -0.1) is 0 Å². The second kappa shape index (κ2) is 6.42. The van der Waals surface area contributed by atoms with Crippen LogP contribution < -0.4 is 10.5 Å². The summed E-state index contributed by atoms with van der Waals surface area (Å²) < 4.78 is 41.4. The minimum absolute atomic E-state index is 0.117. The third-order valence-electron chi connectivity index (χ3n) is 4.58. The van der Waals surface area contributed by atoms with Crippen LogP contribution in [0, 0.1) is 17.7 Å². The van der Waals surface area contributed by atoms with Gasteiger partial charge in [0.1, 0.15) is 10.7 Å². The summed E-state index contributed by atoms with van der Waals surface area (Å²) in [5, 5.41) is 0. The lowest BCUT2D eigenvalue weighted by atomic mass is 9.94. The van der Waals surface area contributed by atoms with Crippen molar-refractivity contribution in [3.8, 4) is 0 Å². The maximum absolute atomic E-state index is 14.0. The molecule has 1 aliphatic rings. The minimum Gasteiger partial charge on any atom is -0.326 e. The molecule has 3 atom stereocenters. The Balaban J connectivity index is 2.19. The topological polar surface area (TPSA) is 72.2 Å². The van der Waals surface area contributed by atoms with E-state index in [0.29, 0.717) is 11.5 Å². The van der Waals surface area contributed by atoms with Crippen molar-refractivity contribution in [1.82, 2.24) is 4.72 Å². The van der Waals surface area contributed by atoms with Crippen LogP contribution in [0.5, 0.6) is 0 Å². The zero-order valence-electron chi connectivity index (χ0n) is 12.5. The summed E-state index contributed by atoms with van der Waals surface area (Å²) in [6.07, 6.45) is 2.86. The zero-order valence-corrected chi connectivity index (χ0v) is 13.3. The van der Waals surface area contributed by atoms with E-state index in [-0.39, 0.29) is 23.4 Å². The normalized spacial score (nSPS) is 26.2. The molecular formula is C15H23FN2O2S. The average molecular weight is 314 g/mol. The van der Waals surface area contributed by atoms with E-state index in [1.54, 1.807) is 6.07 Å². The van der Waals surface area contributed by atoms with Crippen molar-refractivity contribution in [3.05, 3.63) is 29.6 Å². The van der Waals surface area contributed by atoms with E-state index in [1.165, 1.54) is 12.1 Å². The standard InChI is InChI=1S/C15H23FN2O2S/c1-3-12-5-6-14(10(12)2)18-21(19,20)15-7-4-11(9-17)8-13(15)16/h4,7-8,10,12,14,18H,3,5-6,9,17H2,1-2H3. The zero-order chi connectivity index (χ0) is 15.6. The molecule has 0 aliphatic heterocycles. The van der Waals surface area contributed by atoms with Crippen LogP contribution in [0.3, 0.4) is 0 Å². The largest absolute Gasteiger partial charge is 0.326 e. The van der Waals surface area contributed by atoms with E-state index in [4.69, 9.17) is 5.73 Å². The van der Waals surface area contributed by atoms with Gasteiger partial charge in [0.05, 0.1) is 0 Å². The molecule has 0 saturated heterocycles. The average Bonchev–Trinajstić information content (AvgIpc) is 2.78. The fourth-order valence-corrected chi connectivity index (χ4v) is 4.56. The van der Waals surface area contributed by atoms with E-state index in [0.717, 1.165) is 19.3 Å². The molecule has 6 heteroatoms. The predicted octanol–water partition coefficient (Wildman–Crippen LogP) is 2.39. The van der Waals surface area contributed by atoms with E-state index < -0.39 is 15.8 Å². The van der Waals surface area contributed by atoms with E-state index >= 15 is 0 Å². The van der Waals surface area contributed by atoms with Crippen molar-refractivity contribution in [2.75, 3.05) is 0 Å². The Morgan fingerprint density at radius 2 is 2.10 bits per heavy atom. The monoisotopic (exact) mass is 314 g/mol. The van der Waals surface area contributed by atoms with Gasteiger partial charge in [-0.3, -0.25) is 0 Å². The summed E-state index contributed by atoms with van der Waals surface area (Å²) in [5.74, 6) is 0.0569. The molecule has 4 nitrogen and oxygen atoms in total. The van der Waals surface area contributed by atoms with Gasteiger partial charge in [0.15, 0.2) is 0 Å². The van der Waals surface area contributed by atoms with Crippen LogP contribution in [0.15, 0.2) is 23.1 Å². The molecule has 0 amide bonds. The molecule has 1 aliphatic carbocycles. The third-order valence-corrected chi connectivity index (χ3v) is 6.10. The molecule has 0 spiro atoms. The van der Waals surface area contributed by atoms with E-state index in [1.807, 2.05) is 0 Å². The van der Waals surface area contributed by atoms with Gasteiger partial charge in [0.2, 0.25) is 10.0 Å². The van der Waals surface area contributed by atoms with Gasteiger partial charge in [0, 0.05) is 12.6 Å². The quantitative estimate of drug-likeness (QED) is 0.876. The first kappa shape index (κ1) is 16.4. The van der Waals surface area contributed by atoms with Gasteiger partial charge in [0.25, 0.3) is 0 Å². The molecule has 21 heavy (non-hydrogen) atoms. The van der Waals surface area contributed by atoms with Crippen LogP contribution in [0.25, 0.3) is 0 Å². The van der Waals surface area contributed by atoms with Gasteiger partial charge < -0.3 is 5.73 Å². The SMILES string of the molecule is CCC1CCC(NS(=O)(=O)c2ccc(CN)cc2F)C1C. The highest BCUT2D eigenvalue weighted by molar-refractivity contribution is 7.89. The van der Waals surface area contributed by atoms with Gasteiger partial charge in [-0.05, 0) is 42.4 Å². The number of nitrogens with one attached hydrogen (secondary N) is 1. The molecular weight excluding hydrogens is 291 g/mol. The lowest BCUT2D eigenvalue weighted by Crippen LogP contribution is -2.37. The second-order valence-corrected chi connectivity index (χ2v) is 7.48. The molecule has 118 valence electrons. The third kappa shape index (κ3) is 3.44. The van der Waals surface area contributed by atoms with Crippen molar-refractivity contribution >= 4 is 10.0 Å². The first-order valence-electron chi connectivity index (χ1n) is 7.39. The van der Waals surface area contributed by atoms with Crippen molar-refractivity contribution in [1.29, 1.82) is 0 Å². The van der Waals surface area contributed by atoms with E-state index in [9.17, 15) is 12.8 Å². The number of nitrogens with two attached hydrogens (primary N) is 1. The highest BCUT2D eigenvalue weighted by Gasteiger charge is 2.35. The number of sulfonamides is 1. The highest BCUT2D eigenvalue weighted by atomic mass is 32.2. The summed E-state index contributed by atoms with van der Waals surface area (Å²) in [5.41, 5.74) is 6.00. The molecule has 1 aromatic rings. The summed E-state index contributed by atoms with van der Waals surface area (Å²) in [4.78, 5) is -0.299. The minimum atomic E-state index is -3.83. The molecule has 0 aromatic heterocycles. The molecule has 1 fully saturated rings. The van der Waals surface area contributed by atoms with Gasteiger partial charge in [-0.2, -0.15) is 0 Å². The number of rotatable bonds is 5. The first-order chi connectivity index (χ1) is 9.89. The van der Waals surface area contributed by atoms with Crippen molar-refractivity contribution in [3.63, 3.8) is 0 Å². The summed E-state index contributed by atoms with van der Waals surface area (Å²) in [6.45, 7) is 4.36.